The van der Waals surface area contributed by atoms with Crippen molar-refractivity contribution < 1.29 is 4.74 Å². The summed E-state index contributed by atoms with van der Waals surface area (Å²) in [5.41, 5.74) is 2.71. The molecule has 10 heteroatoms. The van der Waals surface area contributed by atoms with Crippen LogP contribution in [0.25, 0.3) is 11.4 Å². The van der Waals surface area contributed by atoms with Crippen molar-refractivity contribution in [2.24, 2.45) is 4.99 Å². The highest BCUT2D eigenvalue weighted by molar-refractivity contribution is 5.88. The molecule has 0 saturated carbocycles. The molecule has 0 saturated heterocycles. The molecular weight excluding hydrogens is 430 g/mol. The highest BCUT2D eigenvalue weighted by Crippen LogP contribution is 2.19. The van der Waals surface area contributed by atoms with Crippen molar-refractivity contribution in [3.8, 4) is 11.4 Å². The van der Waals surface area contributed by atoms with E-state index >= 15 is 0 Å². The van der Waals surface area contributed by atoms with Gasteiger partial charge in [-0.15, -0.1) is 10.2 Å². The normalized spacial score (nSPS) is 11.7. The van der Waals surface area contributed by atoms with E-state index in [4.69, 9.17) is 10.1 Å². The minimum atomic E-state index is -0.271. The Morgan fingerprint density at radius 2 is 1.97 bits per heavy atom. The molecule has 2 heterocycles. The second-order valence-corrected chi connectivity index (χ2v) is 7.61. The largest absolute Gasteiger partial charge is 0.383 e. The lowest BCUT2D eigenvalue weighted by molar-refractivity contribution is 0.208. The molecule has 0 aliphatic heterocycles. The number of aliphatic imine (C=N–C) groups is 1. The topological polar surface area (TPSA) is 129 Å². The molecule has 0 spiro atoms. The predicted molar refractivity (Wildman–Crippen MR) is 133 cm³/mol. The lowest BCUT2D eigenvalue weighted by Crippen LogP contribution is -2.10. The summed E-state index contributed by atoms with van der Waals surface area (Å²) in [5, 5.41) is 23.4. The van der Waals surface area contributed by atoms with Crippen LogP contribution in [-0.2, 0) is 11.2 Å². The van der Waals surface area contributed by atoms with Crippen LogP contribution in [0.2, 0.25) is 0 Å². The fourth-order valence-electron chi connectivity index (χ4n) is 2.99. The number of hydrogen-bond acceptors (Lipinski definition) is 9. The Morgan fingerprint density at radius 3 is 2.71 bits per heavy atom. The summed E-state index contributed by atoms with van der Waals surface area (Å²) in [7, 11) is 5.46. The second kappa shape index (κ2) is 12.9. The van der Waals surface area contributed by atoms with Gasteiger partial charge in [0.25, 0.3) is 0 Å². The van der Waals surface area contributed by atoms with Gasteiger partial charge in [-0.1, -0.05) is 18.2 Å². The lowest BCUT2D eigenvalue weighted by Gasteiger charge is -2.08. The number of anilines is 1. The number of rotatable bonds is 10. The zero-order valence-corrected chi connectivity index (χ0v) is 19.6. The zero-order chi connectivity index (χ0) is 24.2. The SMILES string of the molecule is COCCN=CC(C=N)c1cnc(-c2cccc(Cc3nnc(N(C)C)cccn[nH]3)c2)nc1. The predicted octanol–water partition coefficient (Wildman–Crippen LogP) is 2.89. The molecule has 1 aromatic carbocycles. The molecule has 0 aliphatic carbocycles. The fraction of sp³-hybridized carbons (Fsp3) is 0.292. The summed E-state index contributed by atoms with van der Waals surface area (Å²) in [4.78, 5) is 15.2. The molecule has 3 rings (SSSR count). The molecule has 0 amide bonds. The summed E-state index contributed by atoms with van der Waals surface area (Å²) in [5.74, 6) is 1.67. The summed E-state index contributed by atoms with van der Waals surface area (Å²) < 4.78 is 4.99. The average Bonchev–Trinajstić information content (AvgIpc) is 2.97. The first-order valence-corrected chi connectivity index (χ1v) is 10.8. The average molecular weight is 460 g/mol. The van der Waals surface area contributed by atoms with Crippen LogP contribution in [0.1, 0.15) is 22.9 Å². The van der Waals surface area contributed by atoms with Gasteiger partial charge in [0.05, 0.1) is 19.1 Å². The van der Waals surface area contributed by atoms with Crippen molar-refractivity contribution in [3.63, 3.8) is 0 Å². The first-order valence-electron chi connectivity index (χ1n) is 10.8. The maximum atomic E-state index is 7.68. The molecule has 3 aromatic rings. The molecule has 0 bridgehead atoms. The van der Waals surface area contributed by atoms with Crippen LogP contribution in [0.15, 0.2) is 60.0 Å². The number of benzene rings is 1. The molecule has 1 unspecified atom stereocenters. The molecule has 0 fully saturated rings. The number of nitrogens with one attached hydrogen (secondary N) is 2. The highest BCUT2D eigenvalue weighted by Gasteiger charge is 2.09. The minimum Gasteiger partial charge on any atom is -0.383 e. The quantitative estimate of drug-likeness (QED) is 0.352. The fourth-order valence-corrected chi connectivity index (χ4v) is 2.99. The first-order chi connectivity index (χ1) is 16.6. The first kappa shape index (κ1) is 24.6. The number of hydrogen-bond donors (Lipinski definition) is 2. The van der Waals surface area contributed by atoms with Gasteiger partial charge in [-0.2, -0.15) is 5.10 Å². The Morgan fingerprint density at radius 1 is 1.15 bits per heavy atom. The number of aromatic nitrogens is 6. The van der Waals surface area contributed by atoms with E-state index in [-0.39, 0.29) is 5.92 Å². The van der Waals surface area contributed by atoms with Gasteiger partial charge in [0.15, 0.2) is 11.6 Å². The van der Waals surface area contributed by atoms with Crippen LogP contribution in [0.4, 0.5) is 5.82 Å². The molecule has 2 aromatic heterocycles. The van der Waals surface area contributed by atoms with Gasteiger partial charge in [0.1, 0.15) is 5.82 Å². The van der Waals surface area contributed by atoms with Crippen molar-refractivity contribution in [2.75, 3.05) is 39.3 Å². The van der Waals surface area contributed by atoms with E-state index in [2.05, 4.69) is 35.4 Å². The Labute approximate surface area is 199 Å². The van der Waals surface area contributed by atoms with Crippen molar-refractivity contribution in [2.45, 2.75) is 12.3 Å². The summed E-state index contributed by atoms with van der Waals surface area (Å²) >= 11 is 0. The zero-order valence-electron chi connectivity index (χ0n) is 19.6. The Balaban J connectivity index is 1.79. The van der Waals surface area contributed by atoms with Crippen molar-refractivity contribution >= 4 is 18.2 Å². The van der Waals surface area contributed by atoms with Crippen LogP contribution in [0, 0.1) is 5.41 Å². The second-order valence-electron chi connectivity index (χ2n) is 7.61. The maximum Gasteiger partial charge on any atom is 0.159 e. The Bertz CT molecular complexity index is 1140. The van der Waals surface area contributed by atoms with Crippen LogP contribution >= 0.6 is 0 Å². The van der Waals surface area contributed by atoms with Gasteiger partial charge in [-0.3, -0.25) is 10.1 Å². The minimum absolute atomic E-state index is 0.271. The number of aromatic amines is 1. The van der Waals surface area contributed by atoms with E-state index < -0.39 is 0 Å². The van der Waals surface area contributed by atoms with Crippen LogP contribution in [0.5, 0.6) is 0 Å². The van der Waals surface area contributed by atoms with Crippen molar-refractivity contribution in [1.82, 2.24) is 30.4 Å². The van der Waals surface area contributed by atoms with Gasteiger partial charge in [-0.25, -0.2) is 9.97 Å². The number of H-pyrrole nitrogens is 1. The third-order valence-electron chi connectivity index (χ3n) is 4.81. The van der Waals surface area contributed by atoms with Crippen LogP contribution in [-0.4, -0.2) is 77.1 Å². The van der Waals surface area contributed by atoms with Gasteiger partial charge in [0, 0.05) is 69.8 Å². The molecule has 2 N–H and O–H groups in total. The van der Waals surface area contributed by atoms with E-state index in [0.29, 0.717) is 31.2 Å². The van der Waals surface area contributed by atoms with E-state index in [0.717, 1.165) is 22.5 Å². The van der Waals surface area contributed by atoms with Crippen LogP contribution < -0.4 is 4.90 Å². The maximum absolute atomic E-state index is 7.68. The lowest BCUT2D eigenvalue weighted by atomic mass is 10.0. The third-order valence-corrected chi connectivity index (χ3v) is 4.81. The monoisotopic (exact) mass is 459 g/mol. The van der Waals surface area contributed by atoms with E-state index in [1.165, 1.54) is 6.21 Å². The van der Waals surface area contributed by atoms with Crippen molar-refractivity contribution in [1.29, 1.82) is 5.41 Å². The number of methoxy groups -OCH3 is 1. The number of nitrogens with zero attached hydrogens (tertiary/aromatic N) is 7. The standard InChI is InChI=1S/C24H29N9O/c1-33(2)23-8-5-9-29-30-22(31-32-23)13-18-6-4-7-19(12-18)24-27-16-21(17-28-24)20(14-25)15-26-10-11-34-3/h4-9,12,14-17,20,25H,10-11,13H2,1-3H3,(H,30,31). The van der Waals surface area contributed by atoms with Gasteiger partial charge < -0.3 is 15.0 Å². The van der Waals surface area contributed by atoms with E-state index in [9.17, 15) is 0 Å². The summed E-state index contributed by atoms with van der Waals surface area (Å²) in [6, 6.07) is 11.6. The van der Waals surface area contributed by atoms with Gasteiger partial charge in [0.2, 0.25) is 0 Å². The Kier molecular flexibility index (Phi) is 9.29. The van der Waals surface area contributed by atoms with E-state index in [1.54, 1.807) is 38.0 Å². The molecule has 0 radical (unpaired) electrons. The van der Waals surface area contributed by atoms with Gasteiger partial charge in [-0.05, 0) is 23.8 Å². The molecule has 1 atom stereocenters. The molecule has 34 heavy (non-hydrogen) atoms. The third kappa shape index (κ3) is 7.24. The molecule has 176 valence electrons. The molecule has 10 nitrogen and oxygen atoms in total. The smallest absolute Gasteiger partial charge is 0.159 e. The summed E-state index contributed by atoms with van der Waals surface area (Å²) in [6.07, 6.45) is 8.68. The van der Waals surface area contributed by atoms with Gasteiger partial charge >= 0.3 is 0 Å². The molecular formula is C24H29N9O. The van der Waals surface area contributed by atoms with Crippen LogP contribution in [0.3, 0.4) is 0 Å². The summed E-state index contributed by atoms with van der Waals surface area (Å²) in [6.45, 7) is 1.09. The van der Waals surface area contributed by atoms with E-state index in [1.807, 2.05) is 49.3 Å². The number of ether oxygens (including phenoxy) is 1. The highest BCUT2D eigenvalue weighted by atomic mass is 16.5. The van der Waals surface area contributed by atoms with Crippen molar-refractivity contribution in [3.05, 3.63) is 71.9 Å². The molecule has 0 aliphatic rings. The Hall–Kier alpha value is -4.05.